The van der Waals surface area contributed by atoms with Crippen LogP contribution in [0.1, 0.15) is 5.56 Å². The molecule has 1 fully saturated rings. The second-order valence-corrected chi connectivity index (χ2v) is 6.61. The number of carbonyl (C=O) groups excluding carboxylic acids is 1. The Morgan fingerprint density at radius 2 is 1.92 bits per heavy atom. The SMILES string of the molecule is O=C1NC(=Nc2c(Cl)cccc2Cl)S/C1=C/c1ccc(O)c(F)c1. The zero-order chi connectivity index (χ0) is 17.3. The molecule has 0 saturated carbocycles. The first-order valence-corrected chi connectivity index (χ1v) is 8.23. The molecule has 0 bridgehead atoms. The number of halogens is 3. The second-order valence-electron chi connectivity index (χ2n) is 4.76. The predicted octanol–water partition coefficient (Wildman–Crippen LogP) is 4.73. The fourth-order valence-electron chi connectivity index (χ4n) is 1.94. The van der Waals surface area contributed by atoms with Gasteiger partial charge in [0, 0.05) is 0 Å². The van der Waals surface area contributed by atoms with Crippen molar-refractivity contribution < 1.29 is 14.3 Å². The van der Waals surface area contributed by atoms with Crippen LogP contribution in [0.25, 0.3) is 6.08 Å². The van der Waals surface area contributed by atoms with Gasteiger partial charge in [-0.15, -0.1) is 0 Å². The summed E-state index contributed by atoms with van der Waals surface area (Å²) in [6, 6.07) is 8.83. The van der Waals surface area contributed by atoms with Crippen LogP contribution in [0.2, 0.25) is 10.0 Å². The van der Waals surface area contributed by atoms with E-state index in [1.807, 2.05) is 0 Å². The summed E-state index contributed by atoms with van der Waals surface area (Å²) < 4.78 is 13.4. The summed E-state index contributed by atoms with van der Waals surface area (Å²) in [5, 5.41) is 12.8. The molecule has 2 aromatic rings. The number of amidine groups is 1. The van der Waals surface area contributed by atoms with Crippen molar-refractivity contribution in [2.24, 2.45) is 4.99 Å². The first kappa shape index (κ1) is 16.8. The van der Waals surface area contributed by atoms with E-state index in [0.717, 1.165) is 17.8 Å². The van der Waals surface area contributed by atoms with Crippen LogP contribution in [0.15, 0.2) is 46.3 Å². The third-order valence-corrected chi connectivity index (χ3v) is 4.59. The van der Waals surface area contributed by atoms with Crippen molar-refractivity contribution in [2.75, 3.05) is 0 Å². The normalized spacial score (nSPS) is 17.5. The number of hydrogen-bond acceptors (Lipinski definition) is 4. The van der Waals surface area contributed by atoms with Gasteiger partial charge >= 0.3 is 0 Å². The lowest BCUT2D eigenvalue weighted by atomic mass is 10.2. The molecular formula is C16H9Cl2FN2O2S. The van der Waals surface area contributed by atoms with Gasteiger partial charge in [0.1, 0.15) is 5.69 Å². The summed E-state index contributed by atoms with van der Waals surface area (Å²) in [4.78, 5) is 16.6. The van der Waals surface area contributed by atoms with Gasteiger partial charge in [-0.2, -0.15) is 0 Å². The van der Waals surface area contributed by atoms with Gasteiger partial charge in [0.25, 0.3) is 5.91 Å². The van der Waals surface area contributed by atoms with Crippen LogP contribution in [0.4, 0.5) is 10.1 Å². The smallest absolute Gasteiger partial charge is 0.264 e. The minimum atomic E-state index is -0.760. The van der Waals surface area contributed by atoms with E-state index in [4.69, 9.17) is 23.2 Å². The number of benzene rings is 2. The molecule has 0 aromatic heterocycles. The number of amides is 1. The van der Waals surface area contributed by atoms with E-state index in [9.17, 15) is 14.3 Å². The Bertz CT molecular complexity index is 879. The molecule has 1 aliphatic heterocycles. The molecule has 1 saturated heterocycles. The number of aromatic hydroxyl groups is 1. The maximum atomic E-state index is 13.4. The maximum Gasteiger partial charge on any atom is 0.264 e. The van der Waals surface area contributed by atoms with Crippen molar-refractivity contribution in [3.63, 3.8) is 0 Å². The number of rotatable bonds is 2. The van der Waals surface area contributed by atoms with Crippen LogP contribution in [0.5, 0.6) is 5.75 Å². The highest BCUT2D eigenvalue weighted by atomic mass is 35.5. The van der Waals surface area contributed by atoms with E-state index >= 15 is 0 Å². The summed E-state index contributed by atoms with van der Waals surface area (Å²) in [5.74, 6) is -1.57. The molecule has 8 heteroatoms. The fourth-order valence-corrected chi connectivity index (χ4v) is 3.25. The Morgan fingerprint density at radius 3 is 2.58 bits per heavy atom. The molecule has 2 N–H and O–H groups in total. The minimum absolute atomic E-state index is 0.320. The topological polar surface area (TPSA) is 61.7 Å². The highest BCUT2D eigenvalue weighted by Crippen LogP contribution is 2.35. The highest BCUT2D eigenvalue weighted by molar-refractivity contribution is 8.18. The van der Waals surface area contributed by atoms with Crippen molar-refractivity contribution in [1.29, 1.82) is 0 Å². The summed E-state index contributed by atoms with van der Waals surface area (Å²) in [7, 11) is 0. The molecule has 1 amide bonds. The number of para-hydroxylation sites is 1. The average molecular weight is 383 g/mol. The van der Waals surface area contributed by atoms with Gasteiger partial charge in [0.05, 0.1) is 15.0 Å². The van der Waals surface area contributed by atoms with E-state index in [0.29, 0.717) is 31.4 Å². The molecule has 4 nitrogen and oxygen atoms in total. The van der Waals surface area contributed by atoms with Crippen molar-refractivity contribution in [3.8, 4) is 5.75 Å². The van der Waals surface area contributed by atoms with Crippen LogP contribution >= 0.6 is 35.0 Å². The first-order valence-electron chi connectivity index (χ1n) is 6.66. The van der Waals surface area contributed by atoms with Crippen LogP contribution < -0.4 is 5.32 Å². The third kappa shape index (κ3) is 3.56. The van der Waals surface area contributed by atoms with Gasteiger partial charge in [0.15, 0.2) is 16.7 Å². The van der Waals surface area contributed by atoms with Crippen LogP contribution in [0.3, 0.4) is 0 Å². The van der Waals surface area contributed by atoms with Gasteiger partial charge in [-0.05, 0) is 47.7 Å². The lowest BCUT2D eigenvalue weighted by Crippen LogP contribution is -2.19. The Hall–Kier alpha value is -2.02. The predicted molar refractivity (Wildman–Crippen MR) is 95.3 cm³/mol. The van der Waals surface area contributed by atoms with E-state index in [1.54, 1.807) is 18.2 Å². The molecule has 2 aromatic carbocycles. The van der Waals surface area contributed by atoms with Crippen LogP contribution in [0, 0.1) is 5.82 Å². The quantitative estimate of drug-likeness (QED) is 0.737. The molecule has 0 unspecified atom stereocenters. The van der Waals surface area contributed by atoms with Crippen LogP contribution in [-0.2, 0) is 4.79 Å². The number of thioether (sulfide) groups is 1. The largest absolute Gasteiger partial charge is 0.505 e. The number of carbonyl (C=O) groups is 1. The van der Waals surface area contributed by atoms with Gasteiger partial charge < -0.3 is 10.4 Å². The number of nitrogens with one attached hydrogen (secondary N) is 1. The molecule has 0 aliphatic carbocycles. The summed E-state index contributed by atoms with van der Waals surface area (Å²) >= 11 is 13.2. The lowest BCUT2D eigenvalue weighted by Gasteiger charge is -2.01. The zero-order valence-corrected chi connectivity index (χ0v) is 14.2. The summed E-state index contributed by atoms with van der Waals surface area (Å²) in [5.41, 5.74) is 0.806. The van der Waals surface area contributed by atoms with E-state index < -0.39 is 11.6 Å². The Morgan fingerprint density at radius 1 is 1.21 bits per heavy atom. The molecule has 122 valence electrons. The molecule has 1 aliphatic rings. The minimum Gasteiger partial charge on any atom is -0.505 e. The Kier molecular flexibility index (Phi) is 4.80. The van der Waals surface area contributed by atoms with Crippen molar-refractivity contribution in [3.05, 3.63) is 62.7 Å². The Balaban J connectivity index is 1.89. The third-order valence-electron chi connectivity index (χ3n) is 3.07. The van der Waals surface area contributed by atoms with Crippen molar-refractivity contribution in [1.82, 2.24) is 5.32 Å². The molecular weight excluding hydrogens is 374 g/mol. The van der Waals surface area contributed by atoms with Gasteiger partial charge in [-0.25, -0.2) is 9.38 Å². The van der Waals surface area contributed by atoms with E-state index in [1.165, 1.54) is 18.2 Å². The first-order chi connectivity index (χ1) is 11.4. The molecule has 24 heavy (non-hydrogen) atoms. The maximum absolute atomic E-state index is 13.4. The number of aliphatic imine (C=N–C) groups is 1. The van der Waals surface area contributed by atoms with Crippen molar-refractivity contribution in [2.45, 2.75) is 0 Å². The molecule has 0 atom stereocenters. The van der Waals surface area contributed by atoms with Crippen molar-refractivity contribution >= 4 is 57.8 Å². The van der Waals surface area contributed by atoms with Gasteiger partial charge in [-0.1, -0.05) is 35.3 Å². The lowest BCUT2D eigenvalue weighted by molar-refractivity contribution is -0.115. The number of phenolic OH excluding ortho intramolecular Hbond substituents is 1. The van der Waals surface area contributed by atoms with Gasteiger partial charge in [0.2, 0.25) is 0 Å². The highest BCUT2D eigenvalue weighted by Gasteiger charge is 2.24. The number of nitrogens with zero attached hydrogens (tertiary/aromatic N) is 1. The average Bonchev–Trinajstić information content (AvgIpc) is 2.87. The zero-order valence-electron chi connectivity index (χ0n) is 11.9. The van der Waals surface area contributed by atoms with Crippen LogP contribution in [-0.4, -0.2) is 16.2 Å². The molecule has 0 spiro atoms. The standard InChI is InChI=1S/C16H9Cl2FN2O2S/c17-9-2-1-3-10(18)14(9)20-16-21-15(23)13(24-16)7-8-4-5-12(22)11(19)6-8/h1-7,22H,(H,20,21,23)/b13-7+. The van der Waals surface area contributed by atoms with E-state index in [2.05, 4.69) is 10.3 Å². The molecule has 0 radical (unpaired) electrons. The fraction of sp³-hybridized carbons (Fsp3) is 0. The number of hydrogen-bond donors (Lipinski definition) is 2. The Labute approximate surface area is 151 Å². The number of phenols is 1. The second kappa shape index (κ2) is 6.84. The van der Waals surface area contributed by atoms with E-state index in [-0.39, 0.29) is 5.91 Å². The summed E-state index contributed by atoms with van der Waals surface area (Å²) in [6.07, 6.45) is 1.50. The molecule has 1 heterocycles. The molecule has 3 rings (SSSR count). The monoisotopic (exact) mass is 382 g/mol. The van der Waals surface area contributed by atoms with Gasteiger partial charge in [-0.3, -0.25) is 4.79 Å². The summed E-state index contributed by atoms with van der Waals surface area (Å²) in [6.45, 7) is 0.